The van der Waals surface area contributed by atoms with Gasteiger partial charge in [0.1, 0.15) is 34.5 Å². The monoisotopic (exact) mass is 679 g/mol. The summed E-state index contributed by atoms with van der Waals surface area (Å²) in [5, 5.41) is 9.13. The van der Waals surface area contributed by atoms with Gasteiger partial charge in [-0.25, -0.2) is 13.6 Å². The molecule has 0 radical (unpaired) electrons. The first-order valence-electron chi connectivity index (χ1n) is 15.6. The van der Waals surface area contributed by atoms with E-state index < -0.39 is 28.2 Å². The Balaban J connectivity index is 1.51. The number of hydrogen-bond donors (Lipinski definition) is 0. The summed E-state index contributed by atoms with van der Waals surface area (Å²) in [6, 6.07) is 12.6. The standard InChI is InChI=1S/C35H39F2N5O5S/c1-34(2,3)47-33(45)41-15-13-35(14-16-41,40(4)5)22-42-19-26(30(44)31(28(42)20-43)46-21-23-9-7-6-8-10-23)32-39-38-29(48-32)17-24-11-12-25(36)18-27(24)37/h6-12,18-20H,13-17,21-22H2,1-5H3. The van der Waals surface area contributed by atoms with Crippen molar-refractivity contribution in [2.45, 2.75) is 64.3 Å². The van der Waals surface area contributed by atoms with E-state index in [0.717, 1.165) is 23.0 Å². The van der Waals surface area contributed by atoms with Gasteiger partial charge in [-0.3, -0.25) is 9.59 Å². The topological polar surface area (TPSA) is 107 Å². The average molecular weight is 680 g/mol. The van der Waals surface area contributed by atoms with Crippen LogP contribution < -0.4 is 10.2 Å². The highest BCUT2D eigenvalue weighted by molar-refractivity contribution is 7.14. The van der Waals surface area contributed by atoms with Crippen LogP contribution in [-0.2, 0) is 24.3 Å². The number of aromatic nitrogens is 3. The van der Waals surface area contributed by atoms with Crippen molar-refractivity contribution in [2.75, 3.05) is 27.2 Å². The number of piperidine rings is 1. The molecule has 1 saturated heterocycles. The number of carbonyl (C=O) groups excluding carboxylic acids is 2. The number of amides is 1. The van der Waals surface area contributed by atoms with E-state index in [0.29, 0.717) is 43.8 Å². The number of benzene rings is 2. The fourth-order valence-electron chi connectivity index (χ4n) is 5.68. The molecule has 4 aromatic rings. The average Bonchev–Trinajstić information content (AvgIpc) is 3.50. The predicted molar refractivity (Wildman–Crippen MR) is 178 cm³/mol. The zero-order valence-corrected chi connectivity index (χ0v) is 28.5. The Labute approximate surface area is 281 Å². The van der Waals surface area contributed by atoms with E-state index in [1.807, 2.05) is 65.2 Å². The van der Waals surface area contributed by atoms with Crippen molar-refractivity contribution in [3.8, 4) is 16.3 Å². The zero-order chi connectivity index (χ0) is 34.6. The van der Waals surface area contributed by atoms with Crippen molar-refractivity contribution >= 4 is 23.7 Å². The molecule has 0 atom stereocenters. The number of likely N-dealkylation sites (N-methyl/N-ethyl adjacent to an activating group) is 1. The molecule has 5 rings (SSSR count). The minimum atomic E-state index is -0.701. The van der Waals surface area contributed by atoms with Crippen LogP contribution in [-0.4, -0.2) is 75.3 Å². The first kappa shape index (κ1) is 34.8. The van der Waals surface area contributed by atoms with Gasteiger partial charge >= 0.3 is 6.09 Å². The number of carbonyl (C=O) groups is 2. The molecule has 2 aromatic carbocycles. The van der Waals surface area contributed by atoms with Gasteiger partial charge in [0.05, 0.1) is 5.56 Å². The van der Waals surface area contributed by atoms with Gasteiger partial charge in [-0.05, 0) is 64.9 Å². The van der Waals surface area contributed by atoms with E-state index in [2.05, 4.69) is 15.1 Å². The molecule has 13 heteroatoms. The largest absolute Gasteiger partial charge is 0.483 e. The molecule has 1 fully saturated rings. The minimum Gasteiger partial charge on any atom is -0.483 e. The SMILES string of the molecule is CN(C)C1(Cn2cc(-c3nnc(Cc4ccc(F)cc4F)s3)c(=O)c(OCc3ccccc3)c2C=O)CCN(C(=O)OC(C)(C)C)CC1. The number of hydrogen-bond acceptors (Lipinski definition) is 9. The molecule has 1 aliphatic rings. The van der Waals surface area contributed by atoms with Crippen LogP contribution in [0, 0.1) is 11.6 Å². The lowest BCUT2D eigenvalue weighted by Crippen LogP contribution is -2.56. The molecule has 1 aliphatic heterocycles. The van der Waals surface area contributed by atoms with Crippen LogP contribution in [0.3, 0.4) is 0 Å². The Morgan fingerprint density at radius 3 is 2.42 bits per heavy atom. The van der Waals surface area contributed by atoms with Crippen LogP contribution >= 0.6 is 11.3 Å². The summed E-state index contributed by atoms with van der Waals surface area (Å²) >= 11 is 1.10. The number of pyridine rings is 1. The third-order valence-electron chi connectivity index (χ3n) is 8.43. The van der Waals surface area contributed by atoms with E-state index in [-0.39, 0.29) is 46.7 Å². The molecule has 1 amide bonds. The lowest BCUT2D eigenvalue weighted by Gasteiger charge is -2.46. The summed E-state index contributed by atoms with van der Waals surface area (Å²) in [7, 11) is 3.90. The maximum atomic E-state index is 14.4. The third kappa shape index (κ3) is 7.96. The number of rotatable bonds is 10. The Bertz CT molecular complexity index is 1830. The second kappa shape index (κ2) is 14.3. The minimum absolute atomic E-state index is 0.0509. The molecule has 48 heavy (non-hydrogen) atoms. The Morgan fingerprint density at radius 2 is 1.79 bits per heavy atom. The third-order valence-corrected chi connectivity index (χ3v) is 9.39. The number of halogens is 2. The van der Waals surface area contributed by atoms with Crippen molar-refractivity contribution in [3.05, 3.63) is 98.4 Å². The summed E-state index contributed by atoms with van der Waals surface area (Å²) in [6.07, 6.45) is 3.04. The van der Waals surface area contributed by atoms with Gasteiger partial charge in [0.15, 0.2) is 17.0 Å². The van der Waals surface area contributed by atoms with Crippen LogP contribution in [0.4, 0.5) is 13.6 Å². The quantitative estimate of drug-likeness (QED) is 0.189. The molecular weight excluding hydrogens is 640 g/mol. The second-order valence-electron chi connectivity index (χ2n) is 13.1. The van der Waals surface area contributed by atoms with Crippen molar-refractivity contribution in [3.63, 3.8) is 0 Å². The molecule has 0 spiro atoms. The summed E-state index contributed by atoms with van der Waals surface area (Å²) in [4.78, 5) is 43.3. The summed E-state index contributed by atoms with van der Waals surface area (Å²) in [5.41, 5.74) is -0.341. The van der Waals surface area contributed by atoms with Gasteiger partial charge < -0.3 is 23.8 Å². The Morgan fingerprint density at radius 1 is 1.08 bits per heavy atom. The van der Waals surface area contributed by atoms with E-state index in [1.165, 1.54) is 12.1 Å². The highest BCUT2D eigenvalue weighted by atomic mass is 32.1. The van der Waals surface area contributed by atoms with Gasteiger partial charge in [-0.2, -0.15) is 0 Å². The van der Waals surface area contributed by atoms with E-state index in [4.69, 9.17) is 9.47 Å². The van der Waals surface area contributed by atoms with Crippen molar-refractivity contribution < 1.29 is 27.8 Å². The Kier molecular flexibility index (Phi) is 10.4. The molecule has 0 unspecified atom stereocenters. The van der Waals surface area contributed by atoms with E-state index >= 15 is 0 Å². The number of aldehydes is 1. The number of nitrogens with zero attached hydrogens (tertiary/aromatic N) is 5. The number of likely N-dealkylation sites (tertiary alicyclic amines) is 1. The lowest BCUT2D eigenvalue weighted by atomic mass is 9.85. The predicted octanol–water partition coefficient (Wildman–Crippen LogP) is 5.96. The fourth-order valence-corrected chi connectivity index (χ4v) is 6.55. The molecule has 254 valence electrons. The summed E-state index contributed by atoms with van der Waals surface area (Å²) in [6.45, 7) is 6.71. The smallest absolute Gasteiger partial charge is 0.410 e. The van der Waals surface area contributed by atoms with Crippen molar-refractivity contribution in [1.29, 1.82) is 0 Å². The van der Waals surface area contributed by atoms with Gasteiger partial charge in [-0.15, -0.1) is 10.2 Å². The molecule has 0 aliphatic carbocycles. The summed E-state index contributed by atoms with van der Waals surface area (Å²) in [5.74, 6) is -1.50. The summed E-state index contributed by atoms with van der Waals surface area (Å²) < 4.78 is 41.2. The zero-order valence-electron chi connectivity index (χ0n) is 27.7. The van der Waals surface area contributed by atoms with Crippen LogP contribution in [0.1, 0.15) is 60.2 Å². The molecule has 10 nitrogen and oxygen atoms in total. The van der Waals surface area contributed by atoms with E-state index in [9.17, 15) is 23.2 Å². The van der Waals surface area contributed by atoms with Gasteiger partial charge in [0, 0.05) is 43.9 Å². The van der Waals surface area contributed by atoms with Gasteiger partial charge in [0.2, 0.25) is 5.43 Å². The van der Waals surface area contributed by atoms with E-state index in [1.54, 1.807) is 15.7 Å². The van der Waals surface area contributed by atoms with Crippen molar-refractivity contribution in [2.24, 2.45) is 0 Å². The Hall–Kier alpha value is -4.49. The molecule has 3 heterocycles. The molecular formula is C35H39F2N5O5S. The molecule has 0 saturated carbocycles. The fraction of sp³-hybridized carbons (Fsp3) is 0.400. The van der Waals surface area contributed by atoms with Gasteiger partial charge in [0.25, 0.3) is 0 Å². The first-order chi connectivity index (χ1) is 22.8. The van der Waals surface area contributed by atoms with Crippen LogP contribution in [0.2, 0.25) is 0 Å². The molecule has 0 N–H and O–H groups in total. The highest BCUT2D eigenvalue weighted by Gasteiger charge is 2.40. The maximum Gasteiger partial charge on any atom is 0.410 e. The normalized spacial score (nSPS) is 14.6. The van der Waals surface area contributed by atoms with Crippen LogP contribution in [0.25, 0.3) is 10.6 Å². The molecule has 2 aromatic heterocycles. The van der Waals surface area contributed by atoms with Crippen LogP contribution in [0.15, 0.2) is 59.5 Å². The first-order valence-corrected chi connectivity index (χ1v) is 16.4. The van der Waals surface area contributed by atoms with Gasteiger partial charge in [-0.1, -0.05) is 47.7 Å². The highest BCUT2D eigenvalue weighted by Crippen LogP contribution is 2.33. The number of ether oxygens (including phenoxy) is 2. The molecule has 0 bridgehead atoms. The second-order valence-corrected chi connectivity index (χ2v) is 14.2. The lowest BCUT2D eigenvalue weighted by molar-refractivity contribution is -0.000674. The maximum absolute atomic E-state index is 14.4. The van der Waals surface area contributed by atoms with Crippen molar-refractivity contribution in [1.82, 2.24) is 24.6 Å². The van der Waals surface area contributed by atoms with Crippen LogP contribution in [0.5, 0.6) is 5.75 Å².